The van der Waals surface area contributed by atoms with Gasteiger partial charge in [0.2, 0.25) is 0 Å². The van der Waals surface area contributed by atoms with E-state index >= 15 is 0 Å². The van der Waals surface area contributed by atoms with Crippen LogP contribution in [0.4, 0.5) is 0 Å². The molecule has 1 amide bonds. The molecule has 0 aliphatic rings. The van der Waals surface area contributed by atoms with Crippen LogP contribution < -0.4 is 5.32 Å². The summed E-state index contributed by atoms with van der Waals surface area (Å²) in [5, 5.41) is 2.74. The molecular formula is C18H19NO3. The van der Waals surface area contributed by atoms with Crippen molar-refractivity contribution in [3.05, 3.63) is 70.8 Å². The molecule has 1 N–H and O–H groups in total. The van der Waals surface area contributed by atoms with Crippen LogP contribution in [0.15, 0.2) is 48.5 Å². The van der Waals surface area contributed by atoms with E-state index in [1.54, 1.807) is 24.3 Å². The molecule has 2 aromatic rings. The van der Waals surface area contributed by atoms with Crippen LogP contribution in [-0.2, 0) is 16.1 Å². The zero-order valence-corrected chi connectivity index (χ0v) is 12.8. The van der Waals surface area contributed by atoms with E-state index in [0.717, 1.165) is 5.56 Å². The van der Waals surface area contributed by atoms with Gasteiger partial charge < -0.3 is 10.1 Å². The quantitative estimate of drug-likeness (QED) is 0.863. The van der Waals surface area contributed by atoms with E-state index in [9.17, 15) is 9.59 Å². The van der Waals surface area contributed by atoms with E-state index in [4.69, 9.17) is 4.74 Å². The van der Waals surface area contributed by atoms with Gasteiger partial charge in [-0.1, -0.05) is 36.4 Å². The lowest BCUT2D eigenvalue weighted by Gasteiger charge is -2.08. The van der Waals surface area contributed by atoms with Crippen molar-refractivity contribution in [1.82, 2.24) is 5.32 Å². The summed E-state index contributed by atoms with van der Waals surface area (Å²) in [6, 6.07) is 14.6. The van der Waals surface area contributed by atoms with E-state index in [0.29, 0.717) is 12.1 Å². The van der Waals surface area contributed by atoms with Gasteiger partial charge in [0.05, 0.1) is 5.56 Å². The maximum Gasteiger partial charge on any atom is 0.338 e. The number of carbonyl (C=O) groups excluding carboxylic acids is 2. The molecule has 0 fully saturated rings. The first-order valence-electron chi connectivity index (χ1n) is 7.11. The molecule has 0 saturated heterocycles. The van der Waals surface area contributed by atoms with Crippen molar-refractivity contribution in [3.63, 3.8) is 0 Å². The summed E-state index contributed by atoms with van der Waals surface area (Å²) in [6.45, 7) is 4.21. The molecule has 0 aliphatic heterocycles. The van der Waals surface area contributed by atoms with Crippen LogP contribution in [0.1, 0.15) is 27.0 Å². The Bertz CT molecular complexity index is 665. The Morgan fingerprint density at radius 2 is 1.73 bits per heavy atom. The third kappa shape index (κ3) is 4.45. The molecule has 0 spiro atoms. The minimum Gasteiger partial charge on any atom is -0.452 e. The fourth-order valence-electron chi connectivity index (χ4n) is 1.95. The monoisotopic (exact) mass is 297 g/mol. The molecular weight excluding hydrogens is 278 g/mol. The summed E-state index contributed by atoms with van der Waals surface area (Å²) in [7, 11) is 0. The predicted octanol–water partition coefficient (Wildman–Crippen LogP) is 2.78. The molecule has 0 radical (unpaired) electrons. The van der Waals surface area contributed by atoms with Gasteiger partial charge in [0.25, 0.3) is 5.91 Å². The van der Waals surface area contributed by atoms with Gasteiger partial charge in [-0.25, -0.2) is 4.79 Å². The Balaban J connectivity index is 1.78. The highest BCUT2D eigenvalue weighted by molar-refractivity contribution is 5.91. The number of nitrogens with one attached hydrogen (secondary N) is 1. The summed E-state index contributed by atoms with van der Waals surface area (Å²) >= 11 is 0. The highest BCUT2D eigenvalue weighted by Gasteiger charge is 2.09. The Morgan fingerprint density at radius 3 is 2.41 bits per heavy atom. The average Bonchev–Trinajstić information content (AvgIpc) is 2.54. The lowest BCUT2D eigenvalue weighted by atomic mass is 10.1. The second-order valence-electron chi connectivity index (χ2n) is 5.14. The Kier molecular flexibility index (Phi) is 5.31. The fraction of sp³-hybridized carbons (Fsp3) is 0.222. The summed E-state index contributed by atoms with van der Waals surface area (Å²) in [5.41, 5.74) is 3.85. The average molecular weight is 297 g/mol. The largest absolute Gasteiger partial charge is 0.452 e. The standard InChI is InChI=1S/C18H19NO3/c1-13-8-9-15(10-14(13)2)11-19-17(20)12-22-18(21)16-6-4-3-5-7-16/h3-10H,11-12H2,1-2H3,(H,19,20). The van der Waals surface area contributed by atoms with Crippen LogP contribution in [0.2, 0.25) is 0 Å². The van der Waals surface area contributed by atoms with Gasteiger partial charge in [0.1, 0.15) is 0 Å². The van der Waals surface area contributed by atoms with Crippen LogP contribution in [0.5, 0.6) is 0 Å². The molecule has 0 aromatic heterocycles. The van der Waals surface area contributed by atoms with Gasteiger partial charge in [-0.3, -0.25) is 4.79 Å². The van der Waals surface area contributed by atoms with E-state index in [1.165, 1.54) is 11.1 Å². The first-order chi connectivity index (χ1) is 10.6. The number of esters is 1. The molecule has 0 heterocycles. The zero-order chi connectivity index (χ0) is 15.9. The number of carbonyl (C=O) groups is 2. The summed E-state index contributed by atoms with van der Waals surface area (Å²) in [4.78, 5) is 23.4. The number of ether oxygens (including phenoxy) is 1. The van der Waals surface area contributed by atoms with Crippen molar-refractivity contribution in [2.75, 3.05) is 6.61 Å². The topological polar surface area (TPSA) is 55.4 Å². The van der Waals surface area contributed by atoms with Gasteiger partial charge in [-0.15, -0.1) is 0 Å². The maximum absolute atomic E-state index is 11.7. The number of rotatable bonds is 5. The van der Waals surface area contributed by atoms with Crippen molar-refractivity contribution in [1.29, 1.82) is 0 Å². The fourth-order valence-corrected chi connectivity index (χ4v) is 1.95. The zero-order valence-electron chi connectivity index (χ0n) is 12.8. The molecule has 22 heavy (non-hydrogen) atoms. The molecule has 2 rings (SSSR count). The van der Waals surface area contributed by atoms with Gasteiger partial charge in [0, 0.05) is 6.54 Å². The lowest BCUT2D eigenvalue weighted by molar-refractivity contribution is -0.124. The van der Waals surface area contributed by atoms with E-state index in [1.807, 2.05) is 38.1 Å². The summed E-state index contributed by atoms with van der Waals surface area (Å²) in [6.07, 6.45) is 0. The molecule has 4 nitrogen and oxygen atoms in total. The Labute approximate surface area is 130 Å². The van der Waals surface area contributed by atoms with E-state index in [-0.39, 0.29) is 12.5 Å². The molecule has 4 heteroatoms. The number of amides is 1. The minimum absolute atomic E-state index is 0.279. The molecule has 0 unspecified atom stereocenters. The molecule has 0 aliphatic carbocycles. The molecule has 2 aromatic carbocycles. The summed E-state index contributed by atoms with van der Waals surface area (Å²) < 4.78 is 4.97. The molecule has 0 saturated carbocycles. The van der Waals surface area contributed by atoms with Crippen LogP contribution in [0, 0.1) is 13.8 Å². The van der Waals surface area contributed by atoms with Crippen LogP contribution in [-0.4, -0.2) is 18.5 Å². The van der Waals surface area contributed by atoms with Crippen molar-refractivity contribution < 1.29 is 14.3 Å². The first-order valence-corrected chi connectivity index (χ1v) is 7.11. The SMILES string of the molecule is Cc1ccc(CNC(=O)COC(=O)c2ccccc2)cc1C. The van der Waals surface area contributed by atoms with Crippen LogP contribution in [0.25, 0.3) is 0 Å². The van der Waals surface area contributed by atoms with E-state index in [2.05, 4.69) is 5.32 Å². The summed E-state index contributed by atoms with van der Waals surface area (Å²) in [5.74, 6) is -0.815. The molecule has 0 atom stereocenters. The minimum atomic E-state index is -0.498. The number of hydrogen-bond acceptors (Lipinski definition) is 3. The van der Waals surface area contributed by atoms with Gasteiger partial charge in [-0.2, -0.15) is 0 Å². The number of hydrogen-bond donors (Lipinski definition) is 1. The number of aryl methyl sites for hydroxylation is 2. The van der Waals surface area contributed by atoms with Crippen molar-refractivity contribution in [3.8, 4) is 0 Å². The predicted molar refractivity (Wildman–Crippen MR) is 84.5 cm³/mol. The smallest absolute Gasteiger partial charge is 0.338 e. The van der Waals surface area contributed by atoms with Crippen LogP contribution in [0.3, 0.4) is 0 Å². The van der Waals surface area contributed by atoms with Crippen molar-refractivity contribution in [2.24, 2.45) is 0 Å². The van der Waals surface area contributed by atoms with Crippen molar-refractivity contribution >= 4 is 11.9 Å². The normalized spacial score (nSPS) is 10.1. The highest BCUT2D eigenvalue weighted by Crippen LogP contribution is 2.09. The van der Waals surface area contributed by atoms with Gasteiger partial charge >= 0.3 is 5.97 Å². The second kappa shape index (κ2) is 7.41. The molecule has 114 valence electrons. The van der Waals surface area contributed by atoms with E-state index < -0.39 is 5.97 Å². The Hall–Kier alpha value is -2.62. The maximum atomic E-state index is 11.7. The van der Waals surface area contributed by atoms with Gasteiger partial charge in [0.15, 0.2) is 6.61 Å². The van der Waals surface area contributed by atoms with Gasteiger partial charge in [-0.05, 0) is 42.7 Å². The second-order valence-corrected chi connectivity index (χ2v) is 5.14. The Morgan fingerprint density at radius 1 is 1.00 bits per heavy atom. The van der Waals surface area contributed by atoms with Crippen molar-refractivity contribution in [2.45, 2.75) is 20.4 Å². The first kappa shape index (κ1) is 15.8. The number of benzene rings is 2. The third-order valence-electron chi connectivity index (χ3n) is 3.40. The molecule has 0 bridgehead atoms. The third-order valence-corrected chi connectivity index (χ3v) is 3.40. The van der Waals surface area contributed by atoms with Crippen LogP contribution >= 0.6 is 0 Å². The lowest BCUT2D eigenvalue weighted by Crippen LogP contribution is -2.28. The highest BCUT2D eigenvalue weighted by atomic mass is 16.5.